The molecule has 1 aromatic carbocycles. The zero-order valence-corrected chi connectivity index (χ0v) is 11.1. The third-order valence-corrected chi connectivity index (χ3v) is 2.90. The second kappa shape index (κ2) is 6.40. The van der Waals surface area contributed by atoms with Crippen LogP contribution in [0.2, 0.25) is 0 Å². The summed E-state index contributed by atoms with van der Waals surface area (Å²) in [4.78, 5) is 0. The minimum Gasteiger partial charge on any atom is -0.408 e. The van der Waals surface area contributed by atoms with Crippen molar-refractivity contribution < 1.29 is 4.42 Å². The molecule has 2 aromatic rings. The molecule has 0 amide bonds. The number of aryl methyl sites for hydroxylation is 2. The zero-order valence-electron chi connectivity index (χ0n) is 10.3. The summed E-state index contributed by atoms with van der Waals surface area (Å²) in [5.41, 5.74) is 2.62. The molecule has 0 saturated heterocycles. The van der Waals surface area contributed by atoms with Crippen LogP contribution in [-0.4, -0.2) is 22.6 Å². The van der Waals surface area contributed by atoms with E-state index in [-0.39, 0.29) is 0 Å². The van der Waals surface area contributed by atoms with E-state index >= 15 is 0 Å². The average Bonchev–Trinajstić information content (AvgIpc) is 2.80. The minimum atomic E-state index is 0.462. The topological polar surface area (TPSA) is 51.0 Å². The molecule has 5 heteroatoms. The third-order valence-electron chi connectivity index (χ3n) is 2.71. The molecule has 0 bridgehead atoms. The Morgan fingerprint density at radius 3 is 2.83 bits per heavy atom. The van der Waals surface area contributed by atoms with Gasteiger partial charge in [-0.1, -0.05) is 29.4 Å². The molecular formula is C13H16ClN3O. The highest BCUT2D eigenvalue weighted by atomic mass is 35.5. The van der Waals surface area contributed by atoms with Crippen LogP contribution in [0.1, 0.15) is 17.0 Å². The maximum Gasteiger partial charge on any atom is 0.315 e. The van der Waals surface area contributed by atoms with E-state index in [1.54, 1.807) is 0 Å². The Balaban J connectivity index is 1.83. The predicted octanol–water partition coefficient (Wildman–Crippen LogP) is 2.81. The standard InChI is InChI=1S/C13H16ClN3O/c1-10-4-2-3-5-11(10)7-9-15-13-17-16-12(18-13)6-8-14/h2-5H,6-9H2,1H3,(H,15,17). The van der Waals surface area contributed by atoms with E-state index < -0.39 is 0 Å². The van der Waals surface area contributed by atoms with Crippen molar-refractivity contribution in [1.82, 2.24) is 10.2 Å². The van der Waals surface area contributed by atoms with E-state index in [1.807, 2.05) is 12.1 Å². The van der Waals surface area contributed by atoms with Gasteiger partial charge in [0.15, 0.2) is 0 Å². The number of alkyl halides is 1. The summed E-state index contributed by atoms with van der Waals surface area (Å²) >= 11 is 5.60. The van der Waals surface area contributed by atoms with Gasteiger partial charge in [0.2, 0.25) is 5.89 Å². The van der Waals surface area contributed by atoms with Crippen LogP contribution in [0.4, 0.5) is 6.01 Å². The molecule has 96 valence electrons. The molecule has 1 aromatic heterocycles. The van der Waals surface area contributed by atoms with E-state index in [0.717, 1.165) is 13.0 Å². The number of benzene rings is 1. The summed E-state index contributed by atoms with van der Waals surface area (Å²) in [5.74, 6) is 1.06. The number of nitrogens with zero attached hydrogens (tertiary/aromatic N) is 2. The molecule has 0 aliphatic rings. The number of aromatic nitrogens is 2. The molecule has 1 heterocycles. The van der Waals surface area contributed by atoms with Crippen molar-refractivity contribution >= 4 is 17.6 Å². The smallest absolute Gasteiger partial charge is 0.315 e. The maximum atomic E-state index is 5.60. The van der Waals surface area contributed by atoms with Crippen LogP contribution in [0.3, 0.4) is 0 Å². The van der Waals surface area contributed by atoms with Gasteiger partial charge in [-0.25, -0.2) is 0 Å². The van der Waals surface area contributed by atoms with Crippen LogP contribution < -0.4 is 5.32 Å². The number of hydrogen-bond donors (Lipinski definition) is 1. The number of hydrogen-bond acceptors (Lipinski definition) is 4. The Bertz CT molecular complexity index is 498. The molecule has 0 unspecified atom stereocenters. The highest BCUT2D eigenvalue weighted by Crippen LogP contribution is 2.09. The van der Waals surface area contributed by atoms with Gasteiger partial charge in [0.1, 0.15) is 0 Å². The van der Waals surface area contributed by atoms with Crippen molar-refractivity contribution in [2.75, 3.05) is 17.7 Å². The van der Waals surface area contributed by atoms with Crippen molar-refractivity contribution in [1.29, 1.82) is 0 Å². The largest absolute Gasteiger partial charge is 0.408 e. The number of nitrogens with one attached hydrogen (secondary N) is 1. The Labute approximate surface area is 111 Å². The van der Waals surface area contributed by atoms with Crippen LogP contribution in [0.25, 0.3) is 0 Å². The first kappa shape index (κ1) is 12.9. The van der Waals surface area contributed by atoms with Gasteiger partial charge >= 0.3 is 6.01 Å². The molecule has 0 aliphatic heterocycles. The van der Waals surface area contributed by atoms with Crippen LogP contribution in [0.5, 0.6) is 0 Å². The Kier molecular flexibility index (Phi) is 4.59. The Morgan fingerprint density at radius 1 is 1.22 bits per heavy atom. The first-order valence-corrected chi connectivity index (χ1v) is 6.50. The molecular weight excluding hydrogens is 250 g/mol. The first-order chi connectivity index (χ1) is 8.79. The fourth-order valence-electron chi connectivity index (χ4n) is 1.70. The molecule has 2 rings (SSSR count). The highest BCUT2D eigenvalue weighted by Gasteiger charge is 2.04. The minimum absolute atomic E-state index is 0.462. The third kappa shape index (κ3) is 3.47. The second-order valence-electron chi connectivity index (χ2n) is 4.04. The molecule has 0 radical (unpaired) electrons. The van der Waals surface area contributed by atoms with Crippen LogP contribution >= 0.6 is 11.6 Å². The normalized spacial score (nSPS) is 10.6. The summed E-state index contributed by atoms with van der Waals surface area (Å²) in [6.45, 7) is 2.88. The SMILES string of the molecule is Cc1ccccc1CCNc1nnc(CCCl)o1. The fourth-order valence-corrected chi connectivity index (χ4v) is 1.86. The van der Waals surface area contributed by atoms with Crippen molar-refractivity contribution in [3.8, 4) is 0 Å². The van der Waals surface area contributed by atoms with Crippen LogP contribution in [0.15, 0.2) is 28.7 Å². The van der Waals surface area contributed by atoms with E-state index in [2.05, 4.69) is 34.6 Å². The lowest BCUT2D eigenvalue weighted by Gasteiger charge is -2.05. The van der Waals surface area contributed by atoms with Gasteiger partial charge in [0.05, 0.1) is 0 Å². The molecule has 0 spiro atoms. The molecule has 0 atom stereocenters. The average molecular weight is 266 g/mol. The molecule has 4 nitrogen and oxygen atoms in total. The molecule has 1 N–H and O–H groups in total. The Hall–Kier alpha value is -1.55. The quantitative estimate of drug-likeness (QED) is 0.816. The van der Waals surface area contributed by atoms with E-state index in [0.29, 0.717) is 24.2 Å². The van der Waals surface area contributed by atoms with Crippen LogP contribution in [-0.2, 0) is 12.8 Å². The molecule has 0 saturated carbocycles. The van der Waals surface area contributed by atoms with E-state index in [1.165, 1.54) is 11.1 Å². The van der Waals surface area contributed by atoms with Crippen molar-refractivity contribution in [2.45, 2.75) is 19.8 Å². The van der Waals surface area contributed by atoms with Crippen molar-refractivity contribution in [3.63, 3.8) is 0 Å². The molecule has 0 fully saturated rings. The maximum absolute atomic E-state index is 5.60. The predicted molar refractivity (Wildman–Crippen MR) is 72.1 cm³/mol. The summed E-state index contributed by atoms with van der Waals surface area (Å²) in [6.07, 6.45) is 1.54. The van der Waals surface area contributed by atoms with Gasteiger partial charge in [-0.05, 0) is 24.5 Å². The number of anilines is 1. The summed E-state index contributed by atoms with van der Waals surface area (Å²) in [6, 6.07) is 8.80. The monoisotopic (exact) mass is 265 g/mol. The lowest BCUT2D eigenvalue weighted by Crippen LogP contribution is -2.05. The summed E-state index contributed by atoms with van der Waals surface area (Å²) in [7, 11) is 0. The molecule has 0 aliphatic carbocycles. The van der Waals surface area contributed by atoms with Gasteiger partial charge in [-0.3, -0.25) is 0 Å². The summed E-state index contributed by atoms with van der Waals surface area (Å²) < 4.78 is 5.37. The van der Waals surface area contributed by atoms with Gasteiger partial charge in [-0.15, -0.1) is 16.7 Å². The van der Waals surface area contributed by atoms with E-state index in [4.69, 9.17) is 16.0 Å². The lowest BCUT2D eigenvalue weighted by molar-refractivity contribution is 0.512. The molecule has 18 heavy (non-hydrogen) atoms. The van der Waals surface area contributed by atoms with Gasteiger partial charge < -0.3 is 9.73 Å². The first-order valence-electron chi connectivity index (χ1n) is 5.96. The van der Waals surface area contributed by atoms with Crippen molar-refractivity contribution in [2.24, 2.45) is 0 Å². The fraction of sp³-hybridized carbons (Fsp3) is 0.385. The summed E-state index contributed by atoms with van der Waals surface area (Å²) in [5, 5.41) is 10.9. The number of halogens is 1. The highest BCUT2D eigenvalue weighted by molar-refractivity contribution is 6.17. The zero-order chi connectivity index (χ0) is 12.8. The van der Waals surface area contributed by atoms with Gasteiger partial charge in [0, 0.05) is 18.8 Å². The van der Waals surface area contributed by atoms with Gasteiger partial charge in [0.25, 0.3) is 0 Å². The number of rotatable bonds is 6. The van der Waals surface area contributed by atoms with Crippen molar-refractivity contribution in [3.05, 3.63) is 41.3 Å². The van der Waals surface area contributed by atoms with Gasteiger partial charge in [-0.2, -0.15) is 0 Å². The lowest BCUT2D eigenvalue weighted by atomic mass is 10.1. The second-order valence-corrected chi connectivity index (χ2v) is 4.42. The van der Waals surface area contributed by atoms with Crippen LogP contribution in [0, 0.1) is 6.92 Å². The Morgan fingerprint density at radius 2 is 2.06 bits per heavy atom. The van der Waals surface area contributed by atoms with E-state index in [9.17, 15) is 0 Å².